The van der Waals surface area contributed by atoms with E-state index in [4.69, 9.17) is 9.26 Å². The van der Waals surface area contributed by atoms with Crippen LogP contribution in [0.5, 0.6) is 5.75 Å². The van der Waals surface area contributed by atoms with E-state index in [0.29, 0.717) is 30.8 Å². The van der Waals surface area contributed by atoms with Crippen LogP contribution in [-0.2, 0) is 13.0 Å². The molecule has 1 heterocycles. The Labute approximate surface area is 181 Å². The lowest BCUT2D eigenvalue weighted by Crippen LogP contribution is -2.30. The summed E-state index contributed by atoms with van der Waals surface area (Å²) in [5, 5.41) is 6.67. The molecule has 2 amide bonds. The van der Waals surface area contributed by atoms with Gasteiger partial charge in [-0.05, 0) is 36.2 Å². The Bertz CT molecular complexity index is 1010. The smallest absolute Gasteiger partial charge is 0.273 e. The Morgan fingerprint density at radius 3 is 2.58 bits per heavy atom. The molecule has 3 aromatic rings. The van der Waals surface area contributed by atoms with Crippen LogP contribution in [-0.4, -0.2) is 42.1 Å². The van der Waals surface area contributed by atoms with Gasteiger partial charge in [0.15, 0.2) is 11.5 Å². The number of hydrogen-bond donors (Lipinski definition) is 1. The van der Waals surface area contributed by atoms with Crippen LogP contribution in [0.3, 0.4) is 0 Å². The Morgan fingerprint density at radius 1 is 1.16 bits per heavy atom. The SMILES string of the molecule is C=CCN(Cc1cc(C(=O)NCCc2ccc(OC)cc2)no1)C(=O)c1ccccc1. The van der Waals surface area contributed by atoms with Gasteiger partial charge in [0.05, 0.1) is 13.7 Å². The van der Waals surface area contributed by atoms with Crippen molar-refractivity contribution >= 4 is 11.8 Å². The van der Waals surface area contributed by atoms with Gasteiger partial charge in [0.25, 0.3) is 11.8 Å². The van der Waals surface area contributed by atoms with Crippen molar-refractivity contribution in [2.24, 2.45) is 0 Å². The largest absolute Gasteiger partial charge is 0.497 e. The van der Waals surface area contributed by atoms with Gasteiger partial charge in [0.1, 0.15) is 5.75 Å². The fraction of sp³-hybridized carbons (Fsp3) is 0.208. The first kappa shape index (κ1) is 21.8. The monoisotopic (exact) mass is 419 g/mol. The van der Waals surface area contributed by atoms with Gasteiger partial charge in [-0.25, -0.2) is 0 Å². The second-order valence-corrected chi connectivity index (χ2v) is 6.87. The first-order chi connectivity index (χ1) is 15.1. The number of hydrogen-bond acceptors (Lipinski definition) is 5. The second kappa shape index (κ2) is 10.8. The summed E-state index contributed by atoms with van der Waals surface area (Å²) in [5.41, 5.74) is 1.83. The van der Waals surface area contributed by atoms with E-state index in [-0.39, 0.29) is 24.1 Å². The van der Waals surface area contributed by atoms with E-state index >= 15 is 0 Å². The standard InChI is InChI=1S/C24H25N3O4/c1-3-15-27(24(29)19-7-5-4-6-8-19)17-21-16-22(26-31-21)23(28)25-14-13-18-9-11-20(30-2)12-10-18/h3-12,16H,1,13-15,17H2,2H3,(H,25,28). The normalized spacial score (nSPS) is 10.4. The molecule has 0 bridgehead atoms. The van der Waals surface area contributed by atoms with Crippen LogP contribution >= 0.6 is 0 Å². The van der Waals surface area contributed by atoms with Gasteiger partial charge in [-0.1, -0.05) is 41.6 Å². The first-order valence-corrected chi connectivity index (χ1v) is 9.92. The highest BCUT2D eigenvalue weighted by atomic mass is 16.5. The van der Waals surface area contributed by atoms with E-state index < -0.39 is 0 Å². The summed E-state index contributed by atoms with van der Waals surface area (Å²) >= 11 is 0. The number of nitrogens with one attached hydrogen (secondary N) is 1. The summed E-state index contributed by atoms with van der Waals surface area (Å²) in [7, 11) is 1.62. The third-order valence-electron chi connectivity index (χ3n) is 4.65. The van der Waals surface area contributed by atoms with E-state index in [1.54, 1.807) is 36.3 Å². The van der Waals surface area contributed by atoms with Crippen LogP contribution in [0.2, 0.25) is 0 Å². The molecule has 0 radical (unpaired) electrons. The van der Waals surface area contributed by atoms with Crippen LogP contribution in [0, 0.1) is 0 Å². The number of benzene rings is 2. The van der Waals surface area contributed by atoms with Gasteiger partial charge in [-0.15, -0.1) is 6.58 Å². The minimum absolute atomic E-state index is 0.151. The average Bonchev–Trinajstić information content (AvgIpc) is 3.28. The van der Waals surface area contributed by atoms with Gasteiger partial charge in [-0.2, -0.15) is 0 Å². The molecule has 1 N–H and O–H groups in total. The quantitative estimate of drug-likeness (QED) is 0.509. The number of amides is 2. The molecule has 2 aromatic carbocycles. The molecule has 0 aliphatic heterocycles. The van der Waals surface area contributed by atoms with Crippen molar-refractivity contribution in [3.63, 3.8) is 0 Å². The van der Waals surface area contributed by atoms with Crippen LogP contribution in [0.15, 0.2) is 77.8 Å². The maximum absolute atomic E-state index is 12.7. The zero-order chi connectivity index (χ0) is 22.1. The highest BCUT2D eigenvalue weighted by molar-refractivity contribution is 5.94. The summed E-state index contributed by atoms with van der Waals surface area (Å²) in [6.45, 7) is 4.70. The molecule has 7 heteroatoms. The molecule has 0 saturated carbocycles. The van der Waals surface area contributed by atoms with E-state index in [0.717, 1.165) is 11.3 Å². The molecule has 0 atom stereocenters. The number of rotatable bonds is 10. The molecule has 160 valence electrons. The zero-order valence-corrected chi connectivity index (χ0v) is 17.4. The third-order valence-corrected chi connectivity index (χ3v) is 4.65. The Balaban J connectivity index is 1.55. The maximum Gasteiger partial charge on any atom is 0.273 e. The molecule has 1 aromatic heterocycles. The van der Waals surface area contributed by atoms with E-state index in [9.17, 15) is 9.59 Å². The lowest BCUT2D eigenvalue weighted by atomic mass is 10.1. The topological polar surface area (TPSA) is 84.7 Å². The van der Waals surface area contributed by atoms with Gasteiger partial charge < -0.3 is 19.5 Å². The fourth-order valence-corrected chi connectivity index (χ4v) is 3.02. The lowest BCUT2D eigenvalue weighted by molar-refractivity contribution is 0.0747. The maximum atomic E-state index is 12.7. The van der Waals surface area contributed by atoms with Crippen molar-refractivity contribution < 1.29 is 18.8 Å². The van der Waals surface area contributed by atoms with Crippen LogP contribution < -0.4 is 10.1 Å². The second-order valence-electron chi connectivity index (χ2n) is 6.87. The predicted molar refractivity (Wildman–Crippen MR) is 117 cm³/mol. The Morgan fingerprint density at radius 2 is 1.90 bits per heavy atom. The first-order valence-electron chi connectivity index (χ1n) is 9.92. The number of carbonyl (C=O) groups is 2. The molecular weight excluding hydrogens is 394 g/mol. The zero-order valence-electron chi connectivity index (χ0n) is 17.4. The van der Waals surface area contributed by atoms with Gasteiger partial charge in [-0.3, -0.25) is 9.59 Å². The van der Waals surface area contributed by atoms with Crippen molar-refractivity contribution in [1.82, 2.24) is 15.4 Å². The Kier molecular flexibility index (Phi) is 7.59. The van der Waals surface area contributed by atoms with Gasteiger partial charge >= 0.3 is 0 Å². The summed E-state index contributed by atoms with van der Waals surface area (Å²) in [6.07, 6.45) is 2.32. The summed E-state index contributed by atoms with van der Waals surface area (Å²) in [4.78, 5) is 26.7. The van der Waals surface area contributed by atoms with E-state index in [1.807, 2.05) is 42.5 Å². The number of nitrogens with zero attached hydrogens (tertiary/aromatic N) is 2. The molecule has 31 heavy (non-hydrogen) atoms. The number of ether oxygens (including phenoxy) is 1. The van der Waals surface area contributed by atoms with Crippen molar-refractivity contribution in [1.29, 1.82) is 0 Å². The van der Waals surface area contributed by atoms with Crippen molar-refractivity contribution in [3.8, 4) is 5.75 Å². The highest BCUT2D eigenvalue weighted by Gasteiger charge is 2.19. The molecule has 0 unspecified atom stereocenters. The highest BCUT2D eigenvalue weighted by Crippen LogP contribution is 2.13. The van der Waals surface area contributed by atoms with Crippen LogP contribution in [0.25, 0.3) is 0 Å². The summed E-state index contributed by atoms with van der Waals surface area (Å²) in [5.74, 6) is 0.737. The van der Waals surface area contributed by atoms with Gasteiger partial charge in [0.2, 0.25) is 0 Å². The molecule has 3 rings (SSSR count). The summed E-state index contributed by atoms with van der Waals surface area (Å²) in [6, 6.07) is 18.2. The van der Waals surface area contributed by atoms with Crippen LogP contribution in [0.1, 0.15) is 32.2 Å². The lowest BCUT2D eigenvalue weighted by Gasteiger charge is -2.19. The molecule has 0 fully saturated rings. The van der Waals surface area contributed by atoms with Gasteiger partial charge in [0, 0.05) is 24.7 Å². The number of methoxy groups -OCH3 is 1. The van der Waals surface area contributed by atoms with E-state index in [2.05, 4.69) is 17.1 Å². The minimum Gasteiger partial charge on any atom is -0.497 e. The predicted octanol–water partition coefficient (Wildman–Crippen LogP) is 3.48. The van der Waals surface area contributed by atoms with Crippen molar-refractivity contribution in [2.45, 2.75) is 13.0 Å². The average molecular weight is 419 g/mol. The van der Waals surface area contributed by atoms with Crippen LogP contribution in [0.4, 0.5) is 0 Å². The molecular formula is C24H25N3O4. The molecule has 7 nitrogen and oxygen atoms in total. The molecule has 0 saturated heterocycles. The fourth-order valence-electron chi connectivity index (χ4n) is 3.02. The summed E-state index contributed by atoms with van der Waals surface area (Å²) < 4.78 is 10.4. The molecule has 0 aliphatic rings. The van der Waals surface area contributed by atoms with Crippen molar-refractivity contribution in [3.05, 3.63) is 95.9 Å². The molecule has 0 spiro atoms. The Hall–Kier alpha value is -3.87. The van der Waals surface area contributed by atoms with E-state index in [1.165, 1.54) is 0 Å². The number of aromatic nitrogens is 1. The minimum atomic E-state index is -0.326. The molecule has 0 aliphatic carbocycles. The third kappa shape index (κ3) is 6.05. The van der Waals surface area contributed by atoms with Crippen molar-refractivity contribution in [2.75, 3.05) is 20.2 Å². The number of carbonyl (C=O) groups excluding carboxylic acids is 2.